The molecule has 35 heavy (non-hydrogen) atoms. The smallest absolute Gasteiger partial charge is 0.265 e. The molecule has 1 aromatic carbocycles. The summed E-state index contributed by atoms with van der Waals surface area (Å²) in [5.74, 6) is -0.0781. The second-order valence-electron chi connectivity index (χ2n) is 7.33. The largest absolute Gasteiger partial charge is 0.492 e. The quantitative estimate of drug-likeness (QED) is 0.345. The minimum absolute atomic E-state index is 0.00866. The summed E-state index contributed by atoms with van der Waals surface area (Å²) in [7, 11) is 0. The molecule has 3 aromatic rings. The van der Waals surface area contributed by atoms with E-state index in [1.54, 1.807) is 42.7 Å². The van der Waals surface area contributed by atoms with Gasteiger partial charge in [-0.1, -0.05) is 12.1 Å². The molecule has 3 N–H and O–H groups in total. The van der Waals surface area contributed by atoms with Crippen molar-refractivity contribution in [1.29, 1.82) is 0 Å². The Hall–Kier alpha value is -3.92. The Kier molecular flexibility index (Phi) is 9.61. The average molecular weight is 497 g/mol. The van der Waals surface area contributed by atoms with Crippen LogP contribution in [0.25, 0.3) is 0 Å². The van der Waals surface area contributed by atoms with E-state index in [0.29, 0.717) is 47.5 Å². The van der Waals surface area contributed by atoms with E-state index >= 15 is 0 Å². The van der Waals surface area contributed by atoms with Gasteiger partial charge in [-0.3, -0.25) is 19.4 Å². The lowest BCUT2D eigenvalue weighted by atomic mass is 10.2. The lowest BCUT2D eigenvalue weighted by Crippen LogP contribution is -2.24. The molecule has 0 bridgehead atoms. The summed E-state index contributed by atoms with van der Waals surface area (Å²) >= 11 is 1.33. The van der Waals surface area contributed by atoms with Crippen LogP contribution in [0.2, 0.25) is 0 Å². The monoisotopic (exact) mass is 496 g/mol. The van der Waals surface area contributed by atoms with Crippen molar-refractivity contribution in [3.05, 3.63) is 64.6 Å². The van der Waals surface area contributed by atoms with Crippen molar-refractivity contribution in [1.82, 2.24) is 10.3 Å². The molecule has 0 aliphatic carbocycles. The maximum Gasteiger partial charge on any atom is 0.265 e. The van der Waals surface area contributed by atoms with Gasteiger partial charge in [0.05, 0.1) is 29.5 Å². The average Bonchev–Trinajstić information content (AvgIpc) is 3.40. The molecule has 0 spiro atoms. The number of nitrogens with one attached hydrogen (secondary N) is 3. The molecule has 0 atom stereocenters. The van der Waals surface area contributed by atoms with Gasteiger partial charge in [-0.15, -0.1) is 11.3 Å². The highest BCUT2D eigenvalue weighted by atomic mass is 32.1. The molecule has 0 fully saturated rings. The van der Waals surface area contributed by atoms with Gasteiger partial charge in [-0.05, 0) is 36.9 Å². The van der Waals surface area contributed by atoms with Gasteiger partial charge in [0.15, 0.2) is 0 Å². The zero-order chi connectivity index (χ0) is 25.0. The zero-order valence-corrected chi connectivity index (χ0v) is 20.4. The predicted octanol–water partition coefficient (Wildman–Crippen LogP) is 4.23. The number of pyridine rings is 1. The third-order valence-corrected chi connectivity index (χ3v) is 5.61. The fourth-order valence-corrected chi connectivity index (χ4v) is 3.75. The van der Waals surface area contributed by atoms with E-state index in [4.69, 9.17) is 9.47 Å². The highest BCUT2D eigenvalue weighted by molar-refractivity contribution is 7.12. The summed E-state index contributed by atoms with van der Waals surface area (Å²) in [6, 6.07) is 10.4. The Balaban J connectivity index is 1.65. The summed E-state index contributed by atoms with van der Waals surface area (Å²) in [5, 5.41) is 10.2. The number of amides is 3. The first-order valence-corrected chi connectivity index (χ1v) is 12.1. The number of benzene rings is 1. The Morgan fingerprint density at radius 3 is 2.20 bits per heavy atom. The fourth-order valence-electron chi connectivity index (χ4n) is 3.13. The summed E-state index contributed by atoms with van der Waals surface area (Å²) in [6.45, 7) is 4.70. The number of rotatable bonds is 12. The number of hydrogen-bond acceptors (Lipinski definition) is 7. The molecule has 0 aliphatic rings. The minimum Gasteiger partial charge on any atom is -0.492 e. The van der Waals surface area contributed by atoms with Crippen molar-refractivity contribution in [3.8, 4) is 11.5 Å². The molecule has 0 aliphatic heterocycles. The first kappa shape index (κ1) is 25.7. The van der Waals surface area contributed by atoms with Crippen molar-refractivity contribution in [3.63, 3.8) is 0 Å². The highest BCUT2D eigenvalue weighted by Gasteiger charge is 2.18. The fraction of sp³-hybridized carbons (Fsp3) is 0.280. The molecule has 3 amide bonds. The number of carbonyl (C=O) groups excluding carboxylic acids is 3. The van der Waals surface area contributed by atoms with Crippen molar-refractivity contribution >= 4 is 40.4 Å². The number of anilines is 2. The number of nitrogens with zero attached hydrogens (tertiary/aromatic N) is 1. The van der Waals surface area contributed by atoms with Gasteiger partial charge in [0.2, 0.25) is 11.8 Å². The van der Waals surface area contributed by atoms with Crippen molar-refractivity contribution in [2.24, 2.45) is 0 Å². The molecule has 9 nitrogen and oxygen atoms in total. The Bertz CT molecular complexity index is 1140. The van der Waals surface area contributed by atoms with Crippen LogP contribution in [-0.2, 0) is 16.1 Å². The van der Waals surface area contributed by atoms with E-state index in [2.05, 4.69) is 20.9 Å². The van der Waals surface area contributed by atoms with E-state index in [-0.39, 0.29) is 30.6 Å². The molecule has 0 saturated heterocycles. The molecule has 0 unspecified atom stereocenters. The van der Waals surface area contributed by atoms with E-state index in [0.717, 1.165) is 5.56 Å². The molecule has 184 valence electrons. The van der Waals surface area contributed by atoms with Crippen molar-refractivity contribution in [2.45, 2.75) is 33.2 Å². The third kappa shape index (κ3) is 7.82. The summed E-state index contributed by atoms with van der Waals surface area (Å²) in [4.78, 5) is 41.8. The van der Waals surface area contributed by atoms with Crippen molar-refractivity contribution in [2.75, 3.05) is 23.8 Å². The molecular weight excluding hydrogens is 468 g/mol. The molecule has 3 rings (SSSR count). The standard InChI is InChI=1S/C25H28N4O5S/c1-3-33-20-14-19(29-25(32)22-8-6-12-35-22)21(34-4-2)13-18(20)28-24(31)10-9-23(30)27-16-17-7-5-11-26-15-17/h5-8,11-15H,3-4,9-10,16H2,1-2H3,(H,27,30)(H,28,31)(H,29,32). The van der Waals surface area contributed by atoms with Gasteiger partial charge < -0.3 is 25.4 Å². The van der Waals surface area contributed by atoms with Crippen LogP contribution < -0.4 is 25.4 Å². The van der Waals surface area contributed by atoms with Gasteiger partial charge in [0, 0.05) is 43.9 Å². The summed E-state index contributed by atoms with van der Waals surface area (Å²) in [5.41, 5.74) is 1.70. The molecule has 2 aromatic heterocycles. The van der Waals surface area contributed by atoms with E-state index in [1.807, 2.05) is 25.3 Å². The van der Waals surface area contributed by atoms with Crippen LogP contribution in [0.4, 0.5) is 11.4 Å². The van der Waals surface area contributed by atoms with Crippen LogP contribution in [0.15, 0.2) is 54.2 Å². The lowest BCUT2D eigenvalue weighted by Gasteiger charge is -2.17. The minimum atomic E-state index is -0.347. The predicted molar refractivity (Wildman–Crippen MR) is 135 cm³/mol. The normalized spacial score (nSPS) is 10.3. The first-order chi connectivity index (χ1) is 17.0. The maximum absolute atomic E-state index is 12.6. The number of thiophene rings is 1. The molecule has 0 saturated carbocycles. The molecular formula is C25H28N4O5S. The first-order valence-electron chi connectivity index (χ1n) is 11.2. The zero-order valence-electron chi connectivity index (χ0n) is 19.6. The van der Waals surface area contributed by atoms with Crippen LogP contribution >= 0.6 is 11.3 Å². The number of carbonyl (C=O) groups is 3. The van der Waals surface area contributed by atoms with Crippen molar-refractivity contribution < 1.29 is 23.9 Å². The highest BCUT2D eigenvalue weighted by Crippen LogP contribution is 2.37. The number of hydrogen-bond donors (Lipinski definition) is 3. The summed E-state index contributed by atoms with van der Waals surface area (Å²) < 4.78 is 11.4. The Labute approximate surface area is 207 Å². The van der Waals surface area contributed by atoms with Crippen LogP contribution in [-0.4, -0.2) is 35.9 Å². The van der Waals surface area contributed by atoms with E-state index in [1.165, 1.54) is 11.3 Å². The van der Waals surface area contributed by atoms with Crippen LogP contribution in [0.1, 0.15) is 41.9 Å². The van der Waals surface area contributed by atoms with Gasteiger partial charge >= 0.3 is 0 Å². The van der Waals surface area contributed by atoms with Crippen LogP contribution in [0.3, 0.4) is 0 Å². The number of ether oxygens (including phenoxy) is 2. The maximum atomic E-state index is 12.6. The lowest BCUT2D eigenvalue weighted by molar-refractivity contribution is -0.124. The molecule has 10 heteroatoms. The molecule has 2 heterocycles. The Morgan fingerprint density at radius 2 is 1.60 bits per heavy atom. The third-order valence-electron chi connectivity index (χ3n) is 4.74. The van der Waals surface area contributed by atoms with Crippen LogP contribution in [0.5, 0.6) is 11.5 Å². The summed E-state index contributed by atoms with van der Waals surface area (Å²) in [6.07, 6.45) is 3.35. The number of aromatic nitrogens is 1. The Morgan fingerprint density at radius 1 is 0.914 bits per heavy atom. The SMILES string of the molecule is CCOc1cc(NC(=O)c2cccs2)c(OCC)cc1NC(=O)CCC(=O)NCc1cccnc1. The van der Waals surface area contributed by atoms with Gasteiger partial charge in [0.25, 0.3) is 5.91 Å². The molecule has 0 radical (unpaired) electrons. The van der Waals surface area contributed by atoms with E-state index in [9.17, 15) is 14.4 Å². The topological polar surface area (TPSA) is 119 Å². The van der Waals surface area contributed by atoms with Crippen LogP contribution in [0, 0.1) is 0 Å². The second kappa shape index (κ2) is 13.1. The van der Waals surface area contributed by atoms with E-state index < -0.39 is 0 Å². The van der Waals surface area contributed by atoms with Gasteiger partial charge in [-0.2, -0.15) is 0 Å². The second-order valence-corrected chi connectivity index (χ2v) is 8.28. The van der Waals surface area contributed by atoms with Gasteiger partial charge in [0.1, 0.15) is 11.5 Å². The van der Waals surface area contributed by atoms with Gasteiger partial charge in [-0.25, -0.2) is 0 Å².